The number of hydrogen-bond acceptors (Lipinski definition) is 12. The Morgan fingerprint density at radius 1 is 0.583 bits per heavy atom. The van der Waals surface area contributed by atoms with E-state index < -0.39 is 0 Å². The van der Waals surface area contributed by atoms with Crippen molar-refractivity contribution in [3.63, 3.8) is 0 Å². The first-order valence-electron chi connectivity index (χ1n) is 17.3. The molecule has 3 saturated heterocycles. The van der Waals surface area contributed by atoms with E-state index in [4.69, 9.17) is 14.2 Å². The van der Waals surface area contributed by atoms with Crippen LogP contribution in [0.15, 0.2) is 37.2 Å². The number of rotatable bonds is 3. The second-order valence-electron chi connectivity index (χ2n) is 10.3. The molecule has 13 heteroatoms. The molecule has 268 valence electrons. The van der Waals surface area contributed by atoms with Crippen molar-refractivity contribution in [3.8, 4) is 0 Å². The fraction of sp³-hybridized carbons (Fsp3) is 0.629. The van der Waals surface area contributed by atoms with Crippen LogP contribution < -0.4 is 9.80 Å². The molecule has 1 unspecified atom stereocenters. The fourth-order valence-electron chi connectivity index (χ4n) is 4.28. The molecule has 1 atom stereocenters. The minimum atomic E-state index is -0.113. The predicted octanol–water partition coefficient (Wildman–Crippen LogP) is 4.97. The third kappa shape index (κ3) is 15.0. The summed E-state index contributed by atoms with van der Waals surface area (Å²) in [5.41, 5.74) is 3.14. The highest BCUT2D eigenvalue weighted by Crippen LogP contribution is 2.14. The molecule has 0 N–H and O–H groups in total. The molecule has 3 fully saturated rings. The van der Waals surface area contributed by atoms with Crippen LogP contribution in [-0.4, -0.2) is 119 Å². The molecule has 48 heavy (non-hydrogen) atoms. The van der Waals surface area contributed by atoms with Crippen molar-refractivity contribution >= 4 is 17.8 Å². The van der Waals surface area contributed by atoms with Crippen molar-refractivity contribution < 1.29 is 19.0 Å². The molecule has 0 bridgehead atoms. The van der Waals surface area contributed by atoms with E-state index in [9.17, 15) is 4.79 Å². The van der Waals surface area contributed by atoms with Gasteiger partial charge in [-0.25, -0.2) is 29.9 Å². The highest BCUT2D eigenvalue weighted by molar-refractivity contribution is 5.90. The molecule has 3 aliphatic heterocycles. The molecule has 3 aromatic rings. The zero-order valence-electron chi connectivity index (χ0n) is 31.0. The zero-order valence-corrected chi connectivity index (χ0v) is 31.0. The third-order valence-electron chi connectivity index (χ3n) is 6.72. The normalized spacial score (nSPS) is 16.8. The summed E-state index contributed by atoms with van der Waals surface area (Å²) in [5.74, 6) is 1.78. The van der Waals surface area contributed by atoms with Gasteiger partial charge in [-0.05, 0) is 44.4 Å². The van der Waals surface area contributed by atoms with Crippen molar-refractivity contribution in [2.75, 3.05) is 82.2 Å². The number of aromatic nitrogens is 6. The average molecular weight is 670 g/mol. The maximum Gasteiger partial charge on any atom is 0.291 e. The van der Waals surface area contributed by atoms with Gasteiger partial charge < -0.3 is 28.9 Å². The van der Waals surface area contributed by atoms with Crippen LogP contribution >= 0.6 is 0 Å². The monoisotopic (exact) mass is 669 g/mol. The first-order valence-corrected chi connectivity index (χ1v) is 17.3. The van der Waals surface area contributed by atoms with Crippen molar-refractivity contribution in [1.29, 1.82) is 0 Å². The van der Waals surface area contributed by atoms with Gasteiger partial charge in [0.25, 0.3) is 5.91 Å². The van der Waals surface area contributed by atoms with Crippen LogP contribution in [0.1, 0.15) is 75.8 Å². The summed E-state index contributed by atoms with van der Waals surface area (Å²) in [4.78, 5) is 43.1. The van der Waals surface area contributed by atoms with Gasteiger partial charge in [0.2, 0.25) is 17.7 Å². The Morgan fingerprint density at radius 2 is 0.979 bits per heavy atom. The maximum absolute atomic E-state index is 11.9. The van der Waals surface area contributed by atoms with Crippen LogP contribution in [0.2, 0.25) is 0 Å². The molecule has 3 aromatic heterocycles. The first-order chi connectivity index (χ1) is 23.4. The SMILES string of the molecule is CC.CC.CC.Cc1cnc(C(=O)N2CCOCC2)nc1.Cc1cnc(N2CCOCC2)nc1.Cc1cnc(N2CCOCC2C)nc1. The summed E-state index contributed by atoms with van der Waals surface area (Å²) < 4.78 is 15.8. The number of anilines is 2. The lowest BCUT2D eigenvalue weighted by molar-refractivity contribution is 0.0294. The minimum absolute atomic E-state index is 0.113. The largest absolute Gasteiger partial charge is 0.378 e. The van der Waals surface area contributed by atoms with E-state index in [1.807, 2.05) is 87.1 Å². The van der Waals surface area contributed by atoms with Crippen LogP contribution in [0.25, 0.3) is 0 Å². The Kier molecular flexibility index (Phi) is 22.2. The highest BCUT2D eigenvalue weighted by atomic mass is 16.5. The summed E-state index contributed by atoms with van der Waals surface area (Å²) in [6.07, 6.45) is 10.7. The Hall–Kier alpha value is -3.81. The van der Waals surface area contributed by atoms with Crippen LogP contribution in [0, 0.1) is 20.8 Å². The summed E-state index contributed by atoms with van der Waals surface area (Å²) >= 11 is 0. The van der Waals surface area contributed by atoms with Gasteiger partial charge in [0, 0.05) is 69.9 Å². The van der Waals surface area contributed by atoms with E-state index in [-0.39, 0.29) is 11.7 Å². The summed E-state index contributed by atoms with van der Waals surface area (Å²) in [6.45, 7) is 28.2. The minimum Gasteiger partial charge on any atom is -0.378 e. The molecule has 13 nitrogen and oxygen atoms in total. The van der Waals surface area contributed by atoms with Gasteiger partial charge in [0.1, 0.15) is 0 Å². The van der Waals surface area contributed by atoms with Crippen LogP contribution in [0.3, 0.4) is 0 Å². The van der Waals surface area contributed by atoms with Crippen LogP contribution in [0.4, 0.5) is 11.9 Å². The van der Waals surface area contributed by atoms with E-state index >= 15 is 0 Å². The Morgan fingerprint density at radius 3 is 1.44 bits per heavy atom. The lowest BCUT2D eigenvalue weighted by Crippen LogP contribution is -2.44. The number of aryl methyl sites for hydroxylation is 3. The molecule has 0 spiro atoms. The number of hydrogen-bond donors (Lipinski definition) is 0. The summed E-state index contributed by atoms with van der Waals surface area (Å²) in [6, 6.07) is 0.367. The van der Waals surface area contributed by atoms with E-state index in [1.54, 1.807) is 17.3 Å². The maximum atomic E-state index is 11.9. The van der Waals surface area contributed by atoms with E-state index in [0.29, 0.717) is 32.3 Å². The van der Waals surface area contributed by atoms with E-state index in [2.05, 4.69) is 46.6 Å². The van der Waals surface area contributed by atoms with Gasteiger partial charge >= 0.3 is 0 Å². The lowest BCUT2D eigenvalue weighted by atomic mass is 10.3. The third-order valence-corrected chi connectivity index (χ3v) is 6.72. The number of ether oxygens (including phenoxy) is 3. The zero-order chi connectivity index (χ0) is 35.7. The number of carbonyl (C=O) groups excluding carboxylic acids is 1. The standard InChI is InChI=1S/C10H13N3O2.C10H15N3O.C9H13N3O.3C2H6/c1-8-6-11-9(12-7-8)10(14)13-2-4-15-5-3-13;1-8-5-11-10(12-6-8)13-3-4-14-7-9(13)2;1-8-6-10-9(11-7-8)12-2-4-13-5-3-12;3*1-2/h6-7H,2-5H2,1H3;5-6,9H,3-4,7H2,1-2H3;6-7H,2-5H2,1H3;3*1-2H3. The Labute approximate surface area is 288 Å². The van der Waals surface area contributed by atoms with Crippen LogP contribution in [0.5, 0.6) is 0 Å². The molecule has 0 aromatic carbocycles. The van der Waals surface area contributed by atoms with E-state index in [0.717, 1.165) is 74.6 Å². The molecule has 0 radical (unpaired) electrons. The van der Waals surface area contributed by atoms with Crippen molar-refractivity contribution in [2.45, 2.75) is 75.3 Å². The Balaban J connectivity index is 0.000000334. The number of nitrogens with zero attached hydrogens (tertiary/aromatic N) is 9. The molecule has 1 amide bonds. The van der Waals surface area contributed by atoms with Gasteiger partial charge in [0.15, 0.2) is 0 Å². The second-order valence-corrected chi connectivity index (χ2v) is 10.3. The molecule has 6 rings (SSSR count). The van der Waals surface area contributed by atoms with Gasteiger partial charge in [0.05, 0.1) is 45.7 Å². The molecule has 0 saturated carbocycles. The number of amides is 1. The molecule has 0 aliphatic carbocycles. The average Bonchev–Trinajstić information content (AvgIpc) is 3.16. The van der Waals surface area contributed by atoms with Crippen LogP contribution in [-0.2, 0) is 14.2 Å². The molecular weight excluding hydrogens is 610 g/mol. The molecular formula is C35H59N9O4. The fourth-order valence-corrected chi connectivity index (χ4v) is 4.28. The van der Waals surface area contributed by atoms with Gasteiger partial charge in [-0.15, -0.1) is 0 Å². The lowest BCUT2D eigenvalue weighted by Gasteiger charge is -2.33. The molecule has 6 heterocycles. The van der Waals surface area contributed by atoms with Gasteiger partial charge in [-0.1, -0.05) is 41.5 Å². The quantitative estimate of drug-likeness (QED) is 0.373. The highest BCUT2D eigenvalue weighted by Gasteiger charge is 2.21. The first kappa shape index (κ1) is 42.2. The predicted molar refractivity (Wildman–Crippen MR) is 192 cm³/mol. The molecule has 3 aliphatic rings. The smallest absolute Gasteiger partial charge is 0.291 e. The van der Waals surface area contributed by atoms with Crippen molar-refractivity contribution in [2.24, 2.45) is 0 Å². The van der Waals surface area contributed by atoms with Crippen molar-refractivity contribution in [1.82, 2.24) is 34.8 Å². The Bertz CT molecular complexity index is 1220. The number of morpholine rings is 3. The summed E-state index contributed by atoms with van der Waals surface area (Å²) in [5, 5.41) is 0. The van der Waals surface area contributed by atoms with Gasteiger partial charge in [-0.2, -0.15) is 0 Å². The van der Waals surface area contributed by atoms with Crippen molar-refractivity contribution in [3.05, 3.63) is 59.7 Å². The second kappa shape index (κ2) is 25.2. The van der Waals surface area contributed by atoms with Gasteiger partial charge in [-0.3, -0.25) is 4.79 Å². The topological polar surface area (TPSA) is 132 Å². The number of carbonyl (C=O) groups is 1. The summed E-state index contributed by atoms with van der Waals surface area (Å²) in [7, 11) is 0. The van der Waals surface area contributed by atoms with E-state index in [1.165, 1.54) is 0 Å².